The average molecular weight is 218 g/mol. The molecular formula is C12H14N2O2. The summed E-state index contributed by atoms with van der Waals surface area (Å²) in [6, 6.07) is 8.29. The third kappa shape index (κ3) is 3.46. The Morgan fingerprint density at radius 1 is 1.62 bits per heavy atom. The van der Waals surface area contributed by atoms with Crippen LogP contribution in [0.15, 0.2) is 24.3 Å². The Morgan fingerprint density at radius 3 is 3.00 bits per heavy atom. The number of methoxy groups -OCH3 is 1. The van der Waals surface area contributed by atoms with Crippen LogP contribution in [0.2, 0.25) is 0 Å². The van der Waals surface area contributed by atoms with Gasteiger partial charge >= 0.3 is 0 Å². The second-order valence-corrected chi connectivity index (χ2v) is 3.54. The summed E-state index contributed by atoms with van der Waals surface area (Å²) >= 11 is 0. The maximum absolute atomic E-state index is 11.8. The van der Waals surface area contributed by atoms with Crippen molar-refractivity contribution < 1.29 is 9.53 Å². The highest BCUT2D eigenvalue weighted by Crippen LogP contribution is 2.08. The fourth-order valence-electron chi connectivity index (χ4n) is 1.39. The maximum Gasteiger partial charge on any atom is 0.164 e. The van der Waals surface area contributed by atoms with Crippen molar-refractivity contribution in [1.82, 2.24) is 0 Å². The average Bonchev–Trinajstić information content (AvgIpc) is 2.29. The molecule has 0 aliphatic heterocycles. The number of Topliss-reactive ketones (excluding diaryl/α,β-unsaturated/α-hetero) is 1. The van der Waals surface area contributed by atoms with Crippen LogP contribution in [0.4, 0.5) is 0 Å². The van der Waals surface area contributed by atoms with Gasteiger partial charge in [0.2, 0.25) is 0 Å². The number of hydrogen-bond donors (Lipinski definition) is 1. The van der Waals surface area contributed by atoms with Gasteiger partial charge in [0.15, 0.2) is 5.78 Å². The second kappa shape index (κ2) is 6.01. The van der Waals surface area contributed by atoms with Crippen molar-refractivity contribution in [3.63, 3.8) is 0 Å². The first-order valence-electron chi connectivity index (χ1n) is 4.95. The Labute approximate surface area is 94.6 Å². The summed E-state index contributed by atoms with van der Waals surface area (Å²) in [5.41, 5.74) is 6.68. The van der Waals surface area contributed by atoms with Gasteiger partial charge in [0.1, 0.15) is 0 Å². The largest absolute Gasteiger partial charge is 0.383 e. The van der Waals surface area contributed by atoms with Crippen LogP contribution in [0.5, 0.6) is 0 Å². The van der Waals surface area contributed by atoms with Gasteiger partial charge in [-0.2, -0.15) is 5.26 Å². The molecule has 0 saturated carbocycles. The number of nitriles is 1. The third-order valence-electron chi connectivity index (χ3n) is 2.14. The number of rotatable bonds is 5. The number of ketones is 1. The molecule has 0 aliphatic rings. The molecule has 0 heterocycles. The van der Waals surface area contributed by atoms with Crippen molar-refractivity contribution in [2.75, 3.05) is 13.7 Å². The summed E-state index contributed by atoms with van der Waals surface area (Å²) < 4.78 is 4.86. The van der Waals surface area contributed by atoms with Crippen LogP contribution in [0.3, 0.4) is 0 Å². The summed E-state index contributed by atoms with van der Waals surface area (Å²) in [6.07, 6.45) is 0.225. The van der Waals surface area contributed by atoms with Crippen LogP contribution in [0.1, 0.15) is 22.3 Å². The number of nitrogens with zero attached hydrogens (tertiary/aromatic N) is 1. The topological polar surface area (TPSA) is 76.1 Å². The molecule has 0 amide bonds. The minimum absolute atomic E-state index is 0.0679. The van der Waals surface area contributed by atoms with Crippen molar-refractivity contribution in [2.45, 2.75) is 12.5 Å². The van der Waals surface area contributed by atoms with E-state index in [1.807, 2.05) is 6.07 Å². The Morgan fingerprint density at radius 2 is 2.38 bits per heavy atom. The van der Waals surface area contributed by atoms with Crippen molar-refractivity contribution >= 4 is 5.78 Å². The lowest BCUT2D eigenvalue weighted by Gasteiger charge is -2.09. The summed E-state index contributed by atoms with van der Waals surface area (Å²) in [4.78, 5) is 11.8. The molecule has 1 aromatic carbocycles. The monoisotopic (exact) mass is 218 g/mol. The van der Waals surface area contributed by atoms with Gasteiger partial charge in [0.05, 0.1) is 18.2 Å². The molecule has 0 saturated heterocycles. The molecule has 0 aromatic heterocycles. The third-order valence-corrected chi connectivity index (χ3v) is 2.14. The van der Waals surface area contributed by atoms with E-state index >= 15 is 0 Å². The molecule has 0 fully saturated rings. The van der Waals surface area contributed by atoms with E-state index in [-0.39, 0.29) is 18.2 Å². The first-order chi connectivity index (χ1) is 7.67. The van der Waals surface area contributed by atoms with Gasteiger partial charge in [-0.15, -0.1) is 0 Å². The molecule has 0 bridgehead atoms. The first-order valence-corrected chi connectivity index (χ1v) is 4.95. The zero-order chi connectivity index (χ0) is 12.0. The van der Waals surface area contributed by atoms with E-state index in [0.29, 0.717) is 17.7 Å². The van der Waals surface area contributed by atoms with E-state index in [1.54, 1.807) is 31.4 Å². The Kier molecular flexibility index (Phi) is 4.65. The molecule has 0 radical (unpaired) electrons. The SMILES string of the molecule is COCC(N)CC(=O)c1cccc(C#N)c1. The minimum atomic E-state index is -0.303. The van der Waals surface area contributed by atoms with E-state index < -0.39 is 0 Å². The van der Waals surface area contributed by atoms with E-state index in [2.05, 4.69) is 0 Å². The van der Waals surface area contributed by atoms with E-state index in [9.17, 15) is 4.79 Å². The lowest BCUT2D eigenvalue weighted by Crippen LogP contribution is -2.28. The van der Waals surface area contributed by atoms with E-state index in [1.165, 1.54) is 0 Å². The Balaban J connectivity index is 2.70. The summed E-state index contributed by atoms with van der Waals surface area (Å²) in [7, 11) is 1.54. The van der Waals surface area contributed by atoms with Crippen molar-refractivity contribution in [2.24, 2.45) is 5.73 Å². The lowest BCUT2D eigenvalue weighted by atomic mass is 10.0. The molecule has 16 heavy (non-hydrogen) atoms. The molecule has 1 unspecified atom stereocenters. The van der Waals surface area contributed by atoms with Crippen LogP contribution < -0.4 is 5.73 Å². The molecule has 4 heteroatoms. The standard InChI is InChI=1S/C12H14N2O2/c1-16-8-11(14)6-12(15)10-4-2-3-9(5-10)7-13/h2-5,11H,6,8,14H2,1H3. The highest BCUT2D eigenvalue weighted by atomic mass is 16.5. The predicted molar refractivity (Wildman–Crippen MR) is 60.0 cm³/mol. The molecule has 1 aromatic rings. The van der Waals surface area contributed by atoms with Gasteiger partial charge in [0, 0.05) is 25.1 Å². The number of carbonyl (C=O) groups excluding carboxylic acids is 1. The van der Waals surface area contributed by atoms with Gasteiger partial charge < -0.3 is 10.5 Å². The predicted octanol–water partition coefficient (Wildman–Crippen LogP) is 1.10. The fraction of sp³-hybridized carbons (Fsp3) is 0.333. The molecule has 2 N–H and O–H groups in total. The maximum atomic E-state index is 11.8. The van der Waals surface area contributed by atoms with Crippen LogP contribution in [0.25, 0.3) is 0 Å². The summed E-state index contributed by atoms with van der Waals surface area (Å²) in [5.74, 6) is -0.0679. The molecule has 0 spiro atoms. The number of carbonyl (C=O) groups is 1. The summed E-state index contributed by atoms with van der Waals surface area (Å²) in [6.45, 7) is 0.351. The molecular weight excluding hydrogens is 204 g/mol. The van der Waals surface area contributed by atoms with Gasteiger partial charge in [0.25, 0.3) is 0 Å². The van der Waals surface area contributed by atoms with Crippen molar-refractivity contribution in [1.29, 1.82) is 5.26 Å². The van der Waals surface area contributed by atoms with Gasteiger partial charge in [-0.05, 0) is 12.1 Å². The highest BCUT2D eigenvalue weighted by Gasteiger charge is 2.11. The molecule has 1 atom stereocenters. The summed E-state index contributed by atoms with van der Waals surface area (Å²) in [5, 5.41) is 8.70. The van der Waals surface area contributed by atoms with E-state index in [0.717, 1.165) is 0 Å². The van der Waals surface area contributed by atoms with Crippen LogP contribution in [0, 0.1) is 11.3 Å². The van der Waals surface area contributed by atoms with Gasteiger partial charge in [-0.1, -0.05) is 12.1 Å². The normalized spacial score (nSPS) is 11.8. The van der Waals surface area contributed by atoms with Crippen LogP contribution >= 0.6 is 0 Å². The smallest absolute Gasteiger partial charge is 0.164 e. The zero-order valence-corrected chi connectivity index (χ0v) is 9.14. The number of benzene rings is 1. The minimum Gasteiger partial charge on any atom is -0.383 e. The molecule has 4 nitrogen and oxygen atoms in total. The molecule has 1 rings (SSSR count). The molecule has 0 aliphatic carbocycles. The lowest BCUT2D eigenvalue weighted by molar-refractivity contribution is 0.0949. The van der Waals surface area contributed by atoms with Crippen LogP contribution in [-0.2, 0) is 4.74 Å². The fourth-order valence-corrected chi connectivity index (χ4v) is 1.39. The first kappa shape index (κ1) is 12.4. The number of nitrogens with two attached hydrogens (primary N) is 1. The molecule has 84 valence electrons. The number of ether oxygens (including phenoxy) is 1. The van der Waals surface area contributed by atoms with Gasteiger partial charge in [-0.3, -0.25) is 4.79 Å². The van der Waals surface area contributed by atoms with E-state index in [4.69, 9.17) is 15.7 Å². The van der Waals surface area contributed by atoms with Crippen molar-refractivity contribution in [3.8, 4) is 6.07 Å². The Hall–Kier alpha value is -1.70. The van der Waals surface area contributed by atoms with Crippen molar-refractivity contribution in [3.05, 3.63) is 35.4 Å². The number of hydrogen-bond acceptors (Lipinski definition) is 4. The quantitative estimate of drug-likeness (QED) is 0.751. The van der Waals surface area contributed by atoms with Crippen LogP contribution in [-0.4, -0.2) is 25.5 Å². The highest BCUT2D eigenvalue weighted by molar-refractivity contribution is 5.96. The van der Waals surface area contributed by atoms with Gasteiger partial charge in [-0.25, -0.2) is 0 Å². The zero-order valence-electron chi connectivity index (χ0n) is 9.14. The second-order valence-electron chi connectivity index (χ2n) is 3.54. The Bertz CT molecular complexity index is 410.